The maximum Gasteiger partial charge on any atom is 0.220 e. The van der Waals surface area contributed by atoms with Gasteiger partial charge in [-0.25, -0.2) is 4.98 Å². The molecule has 2 rings (SSSR count). The molecule has 0 aliphatic carbocycles. The lowest BCUT2D eigenvalue weighted by atomic mass is 10.3. The summed E-state index contributed by atoms with van der Waals surface area (Å²) in [7, 11) is 3.14. The Morgan fingerprint density at radius 3 is 2.47 bits per heavy atom. The van der Waals surface area contributed by atoms with Gasteiger partial charge in [-0.2, -0.15) is 0 Å². The number of benzene rings is 1. The van der Waals surface area contributed by atoms with Crippen LogP contribution in [0, 0.1) is 6.20 Å². The van der Waals surface area contributed by atoms with Crippen LogP contribution in [0.1, 0.15) is 0 Å². The average Bonchev–Trinajstić information content (AvgIpc) is 2.39. The number of para-hydroxylation sites is 1. The molecular formula is C13H12NO3. The lowest BCUT2D eigenvalue weighted by Gasteiger charge is -2.12. The molecule has 0 amide bonds. The van der Waals surface area contributed by atoms with E-state index in [1.165, 1.54) is 0 Å². The molecule has 4 heteroatoms. The van der Waals surface area contributed by atoms with Gasteiger partial charge >= 0.3 is 0 Å². The zero-order valence-electron chi connectivity index (χ0n) is 9.64. The van der Waals surface area contributed by atoms with Gasteiger partial charge < -0.3 is 14.2 Å². The van der Waals surface area contributed by atoms with E-state index in [-0.39, 0.29) is 0 Å². The number of pyridine rings is 1. The normalized spacial score (nSPS) is 9.76. The molecule has 0 saturated carbocycles. The van der Waals surface area contributed by atoms with E-state index in [4.69, 9.17) is 14.2 Å². The minimum Gasteiger partial charge on any atom is -0.493 e. The highest BCUT2D eigenvalue weighted by atomic mass is 16.5. The predicted octanol–water partition coefficient (Wildman–Crippen LogP) is 2.69. The zero-order valence-corrected chi connectivity index (χ0v) is 9.64. The number of methoxy groups -OCH3 is 2. The molecule has 0 spiro atoms. The van der Waals surface area contributed by atoms with E-state index in [9.17, 15) is 0 Å². The van der Waals surface area contributed by atoms with Crippen molar-refractivity contribution < 1.29 is 14.2 Å². The summed E-state index contributed by atoms with van der Waals surface area (Å²) in [5.41, 5.74) is 0. The molecule has 1 radical (unpaired) electrons. The zero-order chi connectivity index (χ0) is 12.1. The predicted molar refractivity (Wildman–Crippen MR) is 62.7 cm³/mol. The number of nitrogens with zero attached hydrogens (tertiary/aromatic N) is 1. The molecule has 0 N–H and O–H groups in total. The van der Waals surface area contributed by atoms with Crippen molar-refractivity contribution in [2.24, 2.45) is 0 Å². The van der Waals surface area contributed by atoms with Gasteiger partial charge in [-0.05, 0) is 18.2 Å². The van der Waals surface area contributed by atoms with Gasteiger partial charge in [0, 0.05) is 6.07 Å². The molecule has 0 aliphatic heterocycles. The van der Waals surface area contributed by atoms with E-state index >= 15 is 0 Å². The summed E-state index contributed by atoms with van der Waals surface area (Å²) in [5.74, 6) is 2.17. The highest BCUT2D eigenvalue weighted by molar-refractivity contribution is 5.52. The first-order chi connectivity index (χ1) is 8.35. The van der Waals surface area contributed by atoms with Gasteiger partial charge in [0.15, 0.2) is 11.5 Å². The maximum absolute atomic E-state index is 5.60. The van der Waals surface area contributed by atoms with Crippen LogP contribution >= 0.6 is 0 Å². The summed E-state index contributed by atoms with van der Waals surface area (Å²) in [6.45, 7) is 0. The minimum atomic E-state index is 0.457. The van der Waals surface area contributed by atoms with Crippen molar-refractivity contribution in [2.75, 3.05) is 14.2 Å². The molecule has 2 aromatic rings. The largest absolute Gasteiger partial charge is 0.493 e. The lowest BCUT2D eigenvalue weighted by molar-refractivity contribution is 0.334. The molecule has 1 aromatic carbocycles. The van der Waals surface area contributed by atoms with E-state index in [2.05, 4.69) is 11.2 Å². The van der Waals surface area contributed by atoms with Crippen molar-refractivity contribution in [3.63, 3.8) is 0 Å². The third kappa shape index (κ3) is 2.47. The van der Waals surface area contributed by atoms with E-state index in [0.717, 1.165) is 0 Å². The second kappa shape index (κ2) is 5.21. The molecule has 0 atom stereocenters. The summed E-state index contributed by atoms with van der Waals surface area (Å²) in [6.07, 6.45) is 2.70. The van der Waals surface area contributed by atoms with Gasteiger partial charge in [0.25, 0.3) is 0 Å². The van der Waals surface area contributed by atoms with Crippen LogP contribution in [0.2, 0.25) is 0 Å². The van der Waals surface area contributed by atoms with Crippen LogP contribution in [-0.2, 0) is 0 Å². The molecule has 17 heavy (non-hydrogen) atoms. The van der Waals surface area contributed by atoms with E-state index in [0.29, 0.717) is 23.1 Å². The van der Waals surface area contributed by atoms with Gasteiger partial charge in [-0.1, -0.05) is 12.1 Å². The Balaban J connectivity index is 2.33. The fourth-order valence-corrected chi connectivity index (χ4v) is 1.42. The van der Waals surface area contributed by atoms with E-state index in [1.54, 1.807) is 44.6 Å². The smallest absolute Gasteiger partial charge is 0.220 e. The van der Waals surface area contributed by atoms with Gasteiger partial charge in [-0.3, -0.25) is 0 Å². The van der Waals surface area contributed by atoms with Crippen molar-refractivity contribution in [2.45, 2.75) is 0 Å². The third-order valence-electron chi connectivity index (χ3n) is 2.17. The standard InChI is InChI=1S/C13H12NO3/c1-15-10-6-5-7-11(13(10)16-2)17-12-8-3-4-9-14-12/h3-8H,1-2H3. The molecule has 4 nitrogen and oxygen atoms in total. The molecule has 0 fully saturated rings. The summed E-state index contributed by atoms with van der Waals surface area (Å²) >= 11 is 0. The van der Waals surface area contributed by atoms with Crippen molar-refractivity contribution in [3.05, 3.63) is 42.6 Å². The number of aromatic nitrogens is 1. The molecule has 87 valence electrons. The fourth-order valence-electron chi connectivity index (χ4n) is 1.42. The Kier molecular flexibility index (Phi) is 3.45. The Morgan fingerprint density at radius 2 is 1.82 bits per heavy atom. The van der Waals surface area contributed by atoms with Crippen LogP contribution < -0.4 is 14.2 Å². The SMILES string of the molecule is COc1cccc(Oc2ccc[c]n2)c1OC. The van der Waals surface area contributed by atoms with Gasteiger partial charge in [-0.15, -0.1) is 0 Å². The quantitative estimate of drug-likeness (QED) is 0.809. The first-order valence-electron chi connectivity index (χ1n) is 5.07. The topological polar surface area (TPSA) is 40.6 Å². The summed E-state index contributed by atoms with van der Waals surface area (Å²) < 4.78 is 16.0. The van der Waals surface area contributed by atoms with Gasteiger partial charge in [0.2, 0.25) is 11.6 Å². The molecule has 0 saturated heterocycles. The first kappa shape index (κ1) is 11.3. The summed E-state index contributed by atoms with van der Waals surface area (Å²) in [5, 5.41) is 0. The van der Waals surface area contributed by atoms with Crippen LogP contribution in [0.25, 0.3) is 0 Å². The monoisotopic (exact) mass is 230 g/mol. The Morgan fingerprint density at radius 1 is 1.00 bits per heavy atom. The molecule has 0 bridgehead atoms. The molecule has 1 aromatic heterocycles. The van der Waals surface area contributed by atoms with E-state index in [1.807, 2.05) is 6.07 Å². The fraction of sp³-hybridized carbons (Fsp3) is 0.154. The Hall–Kier alpha value is -2.23. The van der Waals surface area contributed by atoms with Crippen molar-refractivity contribution in [1.82, 2.24) is 4.98 Å². The minimum absolute atomic E-state index is 0.457. The Labute approximate surface area is 99.8 Å². The average molecular weight is 230 g/mol. The second-order valence-corrected chi connectivity index (χ2v) is 3.20. The summed E-state index contributed by atoms with van der Waals surface area (Å²) in [6, 6.07) is 10.7. The molecular weight excluding hydrogens is 218 g/mol. The maximum atomic E-state index is 5.60. The molecule has 0 aliphatic rings. The molecule has 0 unspecified atom stereocenters. The van der Waals surface area contributed by atoms with Crippen molar-refractivity contribution in [1.29, 1.82) is 0 Å². The van der Waals surface area contributed by atoms with Crippen LogP contribution in [0.4, 0.5) is 0 Å². The second-order valence-electron chi connectivity index (χ2n) is 3.20. The number of rotatable bonds is 4. The van der Waals surface area contributed by atoms with Gasteiger partial charge in [0.1, 0.15) is 0 Å². The Bertz CT molecular complexity index is 485. The van der Waals surface area contributed by atoms with Crippen LogP contribution in [0.3, 0.4) is 0 Å². The highest BCUT2D eigenvalue weighted by Crippen LogP contribution is 2.38. The highest BCUT2D eigenvalue weighted by Gasteiger charge is 2.11. The van der Waals surface area contributed by atoms with E-state index < -0.39 is 0 Å². The van der Waals surface area contributed by atoms with Crippen molar-refractivity contribution in [3.8, 4) is 23.1 Å². The number of hydrogen-bond donors (Lipinski definition) is 0. The van der Waals surface area contributed by atoms with Gasteiger partial charge in [0.05, 0.1) is 20.4 Å². The number of ether oxygens (including phenoxy) is 3. The third-order valence-corrected chi connectivity index (χ3v) is 2.17. The summed E-state index contributed by atoms with van der Waals surface area (Å²) in [4.78, 5) is 3.96. The van der Waals surface area contributed by atoms with Crippen LogP contribution in [-0.4, -0.2) is 19.2 Å². The molecule has 1 heterocycles. The number of hydrogen-bond acceptors (Lipinski definition) is 4. The lowest BCUT2D eigenvalue weighted by Crippen LogP contribution is -1.94. The first-order valence-corrected chi connectivity index (χ1v) is 5.07. The van der Waals surface area contributed by atoms with Crippen molar-refractivity contribution >= 4 is 0 Å². The van der Waals surface area contributed by atoms with Crippen LogP contribution in [0.15, 0.2) is 36.4 Å². The van der Waals surface area contributed by atoms with Crippen LogP contribution in [0.5, 0.6) is 23.1 Å².